The highest BCUT2D eigenvalue weighted by molar-refractivity contribution is 5.72. The number of hydrogen-bond donors (Lipinski definition) is 1. The molecule has 2 unspecified atom stereocenters. The van der Waals surface area contributed by atoms with Crippen LogP contribution in [0.5, 0.6) is 0 Å². The Kier molecular flexibility index (Phi) is 36.8. The molecule has 8 heteroatoms. The molecule has 56 heavy (non-hydrogen) atoms. The number of quaternary nitrogens is 1. The van der Waals surface area contributed by atoms with Crippen LogP contribution in [0.2, 0.25) is 0 Å². The molecule has 1 N–H and O–H groups in total. The van der Waals surface area contributed by atoms with Gasteiger partial charge in [-0.3, -0.25) is 9.59 Å². The first kappa shape index (κ1) is 53.0. The fourth-order valence-corrected chi connectivity index (χ4v) is 6.26. The summed E-state index contributed by atoms with van der Waals surface area (Å²) in [6.45, 7) is 4.54. The molecule has 0 aromatic rings. The molecule has 0 amide bonds. The first-order valence-corrected chi connectivity index (χ1v) is 22.4. The van der Waals surface area contributed by atoms with Crippen LogP contribution >= 0.6 is 0 Å². The number of rotatable bonds is 39. The summed E-state index contributed by atoms with van der Waals surface area (Å²) in [6, 6.07) is -0.620. The van der Waals surface area contributed by atoms with Gasteiger partial charge in [0.1, 0.15) is 6.61 Å². The van der Waals surface area contributed by atoms with Crippen LogP contribution in [0, 0.1) is 0 Å². The maximum Gasteiger partial charge on any atom is 0.362 e. The highest BCUT2D eigenvalue weighted by Gasteiger charge is 2.31. The molecule has 0 rings (SSSR count). The van der Waals surface area contributed by atoms with E-state index in [1.54, 1.807) is 0 Å². The first-order chi connectivity index (χ1) is 27.1. The lowest BCUT2D eigenvalue weighted by atomic mass is 10.1. The fraction of sp³-hybridized carbons (Fsp3) is 0.729. The van der Waals surface area contributed by atoms with Crippen LogP contribution < -0.4 is 0 Å². The van der Waals surface area contributed by atoms with Gasteiger partial charge in [0.2, 0.25) is 0 Å². The quantitative estimate of drug-likeness (QED) is 0.0287. The van der Waals surface area contributed by atoms with Crippen LogP contribution in [-0.4, -0.2) is 80.6 Å². The van der Waals surface area contributed by atoms with Gasteiger partial charge >= 0.3 is 17.9 Å². The number of nitrogens with zero attached hydrogens (tertiary/aromatic N) is 1. The lowest BCUT2D eigenvalue weighted by Crippen LogP contribution is -2.50. The predicted molar refractivity (Wildman–Crippen MR) is 234 cm³/mol. The smallest absolute Gasteiger partial charge is 0.362 e. The summed E-state index contributed by atoms with van der Waals surface area (Å²) < 4.78 is 17.3. The number of carboxylic acid groups (broad SMARTS) is 1. The van der Waals surface area contributed by atoms with Crippen molar-refractivity contribution >= 4 is 17.9 Å². The number of allylic oxidation sites excluding steroid dienone is 10. The second-order valence-corrected chi connectivity index (χ2v) is 16.0. The van der Waals surface area contributed by atoms with Crippen LogP contribution in [0.4, 0.5) is 0 Å². The highest BCUT2D eigenvalue weighted by atomic mass is 16.6. The van der Waals surface area contributed by atoms with Crippen molar-refractivity contribution in [2.24, 2.45) is 0 Å². The zero-order valence-electron chi connectivity index (χ0n) is 36.6. The van der Waals surface area contributed by atoms with Crippen molar-refractivity contribution in [1.82, 2.24) is 0 Å². The molecule has 322 valence electrons. The molecule has 0 saturated carbocycles. The van der Waals surface area contributed by atoms with Gasteiger partial charge in [-0.05, 0) is 57.8 Å². The van der Waals surface area contributed by atoms with Gasteiger partial charge in [-0.25, -0.2) is 4.79 Å². The van der Waals surface area contributed by atoms with Crippen molar-refractivity contribution in [3.8, 4) is 0 Å². The van der Waals surface area contributed by atoms with Crippen LogP contribution in [0.15, 0.2) is 60.8 Å². The van der Waals surface area contributed by atoms with Gasteiger partial charge in [0.05, 0.1) is 34.4 Å². The second-order valence-electron chi connectivity index (χ2n) is 16.0. The molecule has 0 fully saturated rings. The van der Waals surface area contributed by atoms with Crippen molar-refractivity contribution in [2.75, 3.05) is 41.0 Å². The third-order valence-corrected chi connectivity index (χ3v) is 9.74. The number of ether oxygens (including phenoxy) is 3. The molecule has 0 aliphatic heterocycles. The second kappa shape index (κ2) is 38.9. The number of carboxylic acids is 1. The summed E-state index contributed by atoms with van der Waals surface area (Å²) in [7, 11) is 5.51. The Morgan fingerprint density at radius 1 is 0.554 bits per heavy atom. The Hall–Kier alpha value is -2.97. The average molecular weight is 787 g/mol. The Labute approximate surface area is 343 Å². The molecule has 0 spiro atoms. The maximum atomic E-state index is 12.7. The Morgan fingerprint density at radius 2 is 1.00 bits per heavy atom. The lowest BCUT2D eigenvalue weighted by molar-refractivity contribution is -0.887. The summed E-state index contributed by atoms with van der Waals surface area (Å²) in [5.74, 6) is -1.50. The molecule has 0 aliphatic carbocycles. The van der Waals surface area contributed by atoms with Gasteiger partial charge in [-0.2, -0.15) is 0 Å². The predicted octanol–water partition coefficient (Wildman–Crippen LogP) is 12.2. The van der Waals surface area contributed by atoms with E-state index in [0.717, 1.165) is 64.2 Å². The summed E-state index contributed by atoms with van der Waals surface area (Å²) in [4.78, 5) is 37.0. The summed E-state index contributed by atoms with van der Waals surface area (Å²) >= 11 is 0. The van der Waals surface area contributed by atoms with E-state index in [9.17, 15) is 19.5 Å². The Balaban J connectivity index is 4.32. The molecule has 0 aliphatic rings. The maximum absolute atomic E-state index is 12.7. The number of hydrogen-bond acceptors (Lipinski definition) is 6. The number of aliphatic carboxylic acids is 1. The number of likely N-dealkylation sites (N-methyl/N-ethyl adjacent to an activating group) is 1. The molecule has 0 saturated heterocycles. The van der Waals surface area contributed by atoms with E-state index in [1.165, 1.54) is 77.0 Å². The highest BCUT2D eigenvalue weighted by Crippen LogP contribution is 2.14. The van der Waals surface area contributed by atoms with Crippen LogP contribution in [0.25, 0.3) is 0 Å². The lowest BCUT2D eigenvalue weighted by Gasteiger charge is -2.31. The largest absolute Gasteiger partial charge is 0.477 e. The van der Waals surface area contributed by atoms with Gasteiger partial charge in [-0.1, -0.05) is 158 Å². The summed E-state index contributed by atoms with van der Waals surface area (Å²) in [6.07, 6.45) is 46.9. The van der Waals surface area contributed by atoms with Gasteiger partial charge in [0, 0.05) is 19.3 Å². The molecule has 8 nitrogen and oxygen atoms in total. The third kappa shape index (κ3) is 36.7. The van der Waals surface area contributed by atoms with E-state index in [2.05, 4.69) is 68.5 Å². The van der Waals surface area contributed by atoms with E-state index < -0.39 is 18.1 Å². The zero-order chi connectivity index (χ0) is 41.4. The minimum absolute atomic E-state index is 0.0496. The summed E-state index contributed by atoms with van der Waals surface area (Å²) in [5, 5.41) is 9.62. The number of carbonyl (C=O) groups is 3. The van der Waals surface area contributed by atoms with Crippen LogP contribution in [0.3, 0.4) is 0 Å². The average Bonchev–Trinajstić information content (AvgIpc) is 3.15. The number of esters is 2. The summed E-state index contributed by atoms with van der Waals surface area (Å²) in [5.41, 5.74) is 0. The number of unbranched alkanes of at least 4 members (excludes halogenated alkanes) is 18. The minimum Gasteiger partial charge on any atom is -0.477 e. The molecule has 0 aromatic heterocycles. The monoisotopic (exact) mass is 787 g/mol. The van der Waals surface area contributed by atoms with Crippen molar-refractivity contribution < 1.29 is 38.2 Å². The third-order valence-electron chi connectivity index (χ3n) is 9.74. The van der Waals surface area contributed by atoms with Crippen molar-refractivity contribution in [1.29, 1.82) is 0 Å². The van der Waals surface area contributed by atoms with Crippen molar-refractivity contribution in [3.63, 3.8) is 0 Å². The Morgan fingerprint density at radius 3 is 1.48 bits per heavy atom. The fourth-order valence-electron chi connectivity index (χ4n) is 6.26. The van der Waals surface area contributed by atoms with Gasteiger partial charge < -0.3 is 23.8 Å². The zero-order valence-corrected chi connectivity index (χ0v) is 36.6. The normalized spacial score (nSPS) is 13.5. The van der Waals surface area contributed by atoms with E-state index >= 15 is 0 Å². The Bertz CT molecular complexity index is 1100. The molecule has 2 atom stereocenters. The van der Waals surface area contributed by atoms with Gasteiger partial charge in [0.25, 0.3) is 0 Å². The van der Waals surface area contributed by atoms with E-state index in [1.807, 2.05) is 27.2 Å². The van der Waals surface area contributed by atoms with Crippen LogP contribution in [0.1, 0.15) is 174 Å². The van der Waals surface area contributed by atoms with E-state index in [-0.39, 0.29) is 36.2 Å². The first-order valence-electron chi connectivity index (χ1n) is 22.4. The molecule has 0 bridgehead atoms. The topological polar surface area (TPSA) is 99.1 Å². The van der Waals surface area contributed by atoms with Gasteiger partial charge in [-0.15, -0.1) is 0 Å². The standard InChI is InChI=1S/C48H83NO7/c1-6-8-10-12-14-16-18-20-21-22-23-24-25-27-28-30-32-34-36-38-46(50)55-43-44(42-54-41-40-45(48(52)53)49(3,4)5)56-47(51)39-37-35-33-31-29-26-19-17-15-13-11-9-7-2/h9,11,13-20,44-45H,6-8,10,12,21-43H2,1-5H3/p+1/b11-9+,15-13+,16-14+,19-17+,20-18+. The van der Waals surface area contributed by atoms with Crippen molar-refractivity contribution in [3.05, 3.63) is 60.8 Å². The molecule has 0 radical (unpaired) electrons. The van der Waals surface area contributed by atoms with Crippen molar-refractivity contribution in [2.45, 2.75) is 187 Å². The van der Waals surface area contributed by atoms with Crippen LogP contribution in [-0.2, 0) is 28.6 Å². The van der Waals surface area contributed by atoms with E-state index in [0.29, 0.717) is 19.3 Å². The number of carbonyl (C=O) groups excluding carboxylic acids is 2. The van der Waals surface area contributed by atoms with E-state index in [4.69, 9.17) is 14.2 Å². The molecule has 0 aromatic carbocycles. The SMILES string of the molecule is CC/C=C/C=C/C=C/CCCCCCCC(=O)OC(COCCC(C(=O)O)[N+](C)(C)C)COC(=O)CCCCCCCCCCCC/C=C/C=C/CCCCC. The molecule has 0 heterocycles. The molecular formula is C48H84NO7+. The molecular weight excluding hydrogens is 703 g/mol. The minimum atomic E-state index is -0.881. The van der Waals surface area contributed by atoms with Gasteiger partial charge in [0.15, 0.2) is 12.1 Å².